The molecule has 1 aromatic rings. The topological polar surface area (TPSA) is 49.3 Å². The molecule has 0 aliphatic carbocycles. The molecule has 0 fully saturated rings. The van der Waals surface area contributed by atoms with Gasteiger partial charge in [0.25, 0.3) is 0 Å². The molecule has 0 aromatic carbocycles. The number of hydrogen-bond donors (Lipinski definition) is 2. The molecule has 1 heterocycles. The number of unbranched alkanes of at least 4 members (excludes halogenated alkanes) is 2. The van der Waals surface area contributed by atoms with Gasteiger partial charge in [0, 0.05) is 23.7 Å². The molecular formula is C16H31IN4S. The van der Waals surface area contributed by atoms with Gasteiger partial charge in [-0.05, 0) is 26.7 Å². The van der Waals surface area contributed by atoms with Gasteiger partial charge in [0.1, 0.15) is 5.01 Å². The van der Waals surface area contributed by atoms with Gasteiger partial charge in [-0.25, -0.2) is 9.98 Å². The molecular weight excluding hydrogens is 407 g/mol. The van der Waals surface area contributed by atoms with Crippen LogP contribution in [0.15, 0.2) is 11.2 Å². The van der Waals surface area contributed by atoms with Gasteiger partial charge in [-0.15, -0.1) is 35.3 Å². The maximum atomic E-state index is 4.64. The molecule has 0 bridgehead atoms. The van der Waals surface area contributed by atoms with Crippen LogP contribution in [0.3, 0.4) is 0 Å². The minimum absolute atomic E-state index is 0. The maximum absolute atomic E-state index is 4.64. The molecule has 0 radical (unpaired) electrons. The average molecular weight is 438 g/mol. The summed E-state index contributed by atoms with van der Waals surface area (Å²) in [7, 11) is 0. The molecule has 4 nitrogen and oxygen atoms in total. The summed E-state index contributed by atoms with van der Waals surface area (Å²) in [6, 6.07) is 0.455. The summed E-state index contributed by atoms with van der Waals surface area (Å²) in [5.74, 6) is 0.898. The molecule has 128 valence electrons. The van der Waals surface area contributed by atoms with Crippen LogP contribution < -0.4 is 10.6 Å². The molecule has 0 amide bonds. The van der Waals surface area contributed by atoms with Crippen LogP contribution in [0.5, 0.6) is 0 Å². The second kappa shape index (κ2) is 13.1. The second-order valence-electron chi connectivity index (χ2n) is 5.31. The van der Waals surface area contributed by atoms with Crippen LogP contribution in [-0.4, -0.2) is 23.5 Å². The molecule has 1 rings (SSSR count). The number of hydrogen-bond acceptors (Lipinski definition) is 3. The zero-order valence-electron chi connectivity index (χ0n) is 14.3. The third kappa shape index (κ3) is 8.92. The SMILES string of the molecule is CCCCCC(C)NC(=NCc1ncc(CC)s1)NCC.I. The zero-order valence-corrected chi connectivity index (χ0v) is 17.5. The Kier molecular flexibility index (Phi) is 12.9. The smallest absolute Gasteiger partial charge is 0.191 e. The molecule has 1 unspecified atom stereocenters. The average Bonchev–Trinajstić information content (AvgIpc) is 2.93. The van der Waals surface area contributed by atoms with Crippen molar-refractivity contribution in [3.8, 4) is 0 Å². The van der Waals surface area contributed by atoms with Crippen LogP contribution in [0.4, 0.5) is 0 Å². The van der Waals surface area contributed by atoms with Crippen LogP contribution in [0.25, 0.3) is 0 Å². The van der Waals surface area contributed by atoms with Gasteiger partial charge >= 0.3 is 0 Å². The normalized spacial score (nSPS) is 12.6. The van der Waals surface area contributed by atoms with Crippen molar-refractivity contribution in [3.05, 3.63) is 16.1 Å². The molecule has 22 heavy (non-hydrogen) atoms. The van der Waals surface area contributed by atoms with Crippen molar-refractivity contribution in [2.75, 3.05) is 6.54 Å². The number of halogens is 1. The molecule has 0 saturated heterocycles. The Morgan fingerprint density at radius 2 is 2.09 bits per heavy atom. The minimum atomic E-state index is 0. The zero-order chi connectivity index (χ0) is 15.5. The quantitative estimate of drug-likeness (QED) is 0.261. The standard InChI is InChI=1S/C16H30N4S.HI/c1-5-8-9-10-13(4)20-16(17-7-3)19-12-15-18-11-14(6-2)21-15;/h11,13H,5-10,12H2,1-4H3,(H2,17,19,20);1H. The fraction of sp³-hybridized carbons (Fsp3) is 0.750. The highest BCUT2D eigenvalue weighted by molar-refractivity contribution is 14.0. The highest BCUT2D eigenvalue weighted by Gasteiger charge is 2.05. The monoisotopic (exact) mass is 438 g/mol. The third-order valence-corrected chi connectivity index (χ3v) is 4.42. The van der Waals surface area contributed by atoms with Crippen molar-refractivity contribution in [1.82, 2.24) is 15.6 Å². The summed E-state index contributed by atoms with van der Waals surface area (Å²) >= 11 is 1.75. The van der Waals surface area contributed by atoms with E-state index in [9.17, 15) is 0 Å². The fourth-order valence-corrected chi connectivity index (χ4v) is 2.84. The number of aromatic nitrogens is 1. The van der Waals surface area contributed by atoms with Gasteiger partial charge < -0.3 is 10.6 Å². The van der Waals surface area contributed by atoms with Crippen molar-refractivity contribution in [1.29, 1.82) is 0 Å². The highest BCUT2D eigenvalue weighted by Crippen LogP contribution is 2.14. The summed E-state index contributed by atoms with van der Waals surface area (Å²) < 4.78 is 0. The predicted molar refractivity (Wildman–Crippen MR) is 108 cm³/mol. The fourth-order valence-electron chi connectivity index (χ4n) is 2.06. The Morgan fingerprint density at radius 1 is 1.32 bits per heavy atom. The van der Waals surface area contributed by atoms with Crippen LogP contribution in [0.1, 0.15) is 63.3 Å². The van der Waals surface area contributed by atoms with Crippen LogP contribution in [0, 0.1) is 0 Å². The van der Waals surface area contributed by atoms with Gasteiger partial charge in [0.15, 0.2) is 5.96 Å². The number of nitrogens with one attached hydrogen (secondary N) is 2. The van der Waals surface area contributed by atoms with E-state index in [1.807, 2.05) is 6.20 Å². The van der Waals surface area contributed by atoms with E-state index < -0.39 is 0 Å². The van der Waals surface area contributed by atoms with E-state index in [1.165, 1.54) is 30.6 Å². The second-order valence-corrected chi connectivity index (χ2v) is 6.51. The Balaban J connectivity index is 0.00000441. The summed E-state index contributed by atoms with van der Waals surface area (Å²) in [4.78, 5) is 10.4. The van der Waals surface area contributed by atoms with Gasteiger partial charge in [-0.2, -0.15) is 0 Å². The molecule has 1 aromatic heterocycles. The lowest BCUT2D eigenvalue weighted by Crippen LogP contribution is -2.42. The third-order valence-electron chi connectivity index (χ3n) is 3.29. The van der Waals surface area contributed by atoms with Crippen molar-refractivity contribution < 1.29 is 0 Å². The van der Waals surface area contributed by atoms with Gasteiger partial charge in [0.05, 0.1) is 6.54 Å². The van der Waals surface area contributed by atoms with Crippen molar-refractivity contribution in [2.24, 2.45) is 4.99 Å². The van der Waals surface area contributed by atoms with E-state index in [1.54, 1.807) is 11.3 Å². The first-order valence-corrected chi connectivity index (χ1v) is 8.99. The molecule has 1 atom stereocenters. The summed E-state index contributed by atoms with van der Waals surface area (Å²) in [5, 5.41) is 7.88. The minimum Gasteiger partial charge on any atom is -0.357 e. The molecule has 0 aliphatic rings. The number of nitrogens with zero attached hydrogens (tertiary/aromatic N) is 2. The van der Waals surface area contributed by atoms with Crippen molar-refractivity contribution in [2.45, 2.75) is 72.4 Å². The lowest BCUT2D eigenvalue weighted by Gasteiger charge is -2.17. The lowest BCUT2D eigenvalue weighted by atomic mass is 10.1. The molecule has 0 saturated carbocycles. The Morgan fingerprint density at radius 3 is 2.68 bits per heavy atom. The van der Waals surface area contributed by atoms with E-state index in [4.69, 9.17) is 0 Å². The lowest BCUT2D eigenvalue weighted by molar-refractivity contribution is 0.547. The Bertz CT molecular complexity index is 420. The van der Waals surface area contributed by atoms with E-state index in [0.717, 1.165) is 23.9 Å². The van der Waals surface area contributed by atoms with Crippen molar-refractivity contribution in [3.63, 3.8) is 0 Å². The predicted octanol–water partition coefficient (Wildman–Crippen LogP) is 4.35. The van der Waals surface area contributed by atoms with E-state index in [0.29, 0.717) is 12.6 Å². The van der Waals surface area contributed by atoms with Crippen LogP contribution in [-0.2, 0) is 13.0 Å². The van der Waals surface area contributed by atoms with Gasteiger partial charge in [-0.3, -0.25) is 0 Å². The summed E-state index contributed by atoms with van der Waals surface area (Å²) in [6.07, 6.45) is 8.05. The van der Waals surface area contributed by atoms with Gasteiger partial charge in [-0.1, -0.05) is 33.1 Å². The van der Waals surface area contributed by atoms with Crippen LogP contribution in [0.2, 0.25) is 0 Å². The number of aliphatic imine (C=N–C) groups is 1. The van der Waals surface area contributed by atoms with Crippen LogP contribution >= 0.6 is 35.3 Å². The number of rotatable bonds is 9. The molecule has 2 N–H and O–H groups in total. The number of thiazole rings is 1. The first-order chi connectivity index (χ1) is 10.2. The van der Waals surface area contributed by atoms with E-state index in [2.05, 4.69) is 48.3 Å². The molecule has 0 spiro atoms. The summed E-state index contributed by atoms with van der Waals surface area (Å²) in [5.41, 5.74) is 0. The first-order valence-electron chi connectivity index (χ1n) is 8.17. The number of aryl methyl sites for hydroxylation is 1. The maximum Gasteiger partial charge on any atom is 0.191 e. The highest BCUT2D eigenvalue weighted by atomic mass is 127. The van der Waals surface area contributed by atoms with Gasteiger partial charge in [0.2, 0.25) is 0 Å². The summed E-state index contributed by atoms with van der Waals surface area (Å²) in [6.45, 7) is 10.2. The van der Waals surface area contributed by atoms with Crippen molar-refractivity contribution >= 4 is 41.3 Å². The molecule has 0 aliphatic heterocycles. The Labute approximate surface area is 156 Å². The molecule has 6 heteroatoms. The van der Waals surface area contributed by atoms with E-state index in [-0.39, 0.29) is 24.0 Å². The largest absolute Gasteiger partial charge is 0.357 e. The number of guanidine groups is 1. The Hall–Kier alpha value is -0.370. The first kappa shape index (κ1) is 21.6. The van der Waals surface area contributed by atoms with E-state index >= 15 is 0 Å².